The van der Waals surface area contributed by atoms with E-state index in [2.05, 4.69) is 20.5 Å². The molecule has 7 heteroatoms. The van der Waals surface area contributed by atoms with Crippen LogP contribution >= 0.6 is 23.5 Å². The van der Waals surface area contributed by atoms with Crippen molar-refractivity contribution in [3.63, 3.8) is 0 Å². The van der Waals surface area contributed by atoms with Gasteiger partial charge >= 0.3 is 13.3 Å². The van der Waals surface area contributed by atoms with Gasteiger partial charge in [0.05, 0.1) is 6.10 Å². The van der Waals surface area contributed by atoms with Crippen LogP contribution in [0.1, 0.15) is 31.4 Å². The Morgan fingerprint density at radius 3 is 2.37 bits per heavy atom. The molecule has 0 saturated carbocycles. The summed E-state index contributed by atoms with van der Waals surface area (Å²) in [6.07, 6.45) is -0.327. The third-order valence-corrected chi connectivity index (χ3v) is 4.97. The molecule has 1 aromatic rings. The second-order valence-electron chi connectivity index (χ2n) is 4.22. The fourth-order valence-corrected chi connectivity index (χ4v) is 2.96. The van der Waals surface area contributed by atoms with Crippen LogP contribution < -0.4 is 0 Å². The van der Waals surface area contributed by atoms with E-state index in [9.17, 15) is 18.2 Å². The topological polar surface area (TPSA) is 46.5 Å². The minimum absolute atomic E-state index is 0.378. The van der Waals surface area contributed by atoms with Gasteiger partial charge in [-0.2, -0.15) is 8.78 Å². The molecule has 3 nitrogen and oxygen atoms in total. The first-order valence-electron chi connectivity index (χ1n) is 5.79. The van der Waals surface area contributed by atoms with Gasteiger partial charge in [0.15, 0.2) is 0 Å². The van der Waals surface area contributed by atoms with Crippen LogP contribution in [0.2, 0.25) is 0 Å². The molecule has 0 heterocycles. The van der Waals surface area contributed by atoms with Crippen molar-refractivity contribution in [3.8, 4) is 0 Å². The monoisotopic (exact) mass is 356 g/mol. The van der Waals surface area contributed by atoms with Gasteiger partial charge in [0.25, 0.3) is 0 Å². The quantitative estimate of drug-likeness (QED) is 0.596. The van der Waals surface area contributed by atoms with Gasteiger partial charge in [-0.25, -0.2) is 0 Å². The number of benzene rings is 1. The largest absolute Gasteiger partial charge is 0.402 e. The standard InChI is InChI=1S/C12H16BrF2O3P/c1-3-9(2)18-19(16,17)12(14,15)11-6-4-10(8-13)5-7-11/h4-7,9H,3,8H2,1-2H3,(H,16,17). The minimum atomic E-state index is -5.06. The predicted molar refractivity (Wildman–Crippen MR) is 73.6 cm³/mol. The van der Waals surface area contributed by atoms with E-state index in [1.54, 1.807) is 6.92 Å². The molecule has 0 aliphatic heterocycles. The molecule has 0 aliphatic carbocycles. The molecular weight excluding hydrogens is 341 g/mol. The first kappa shape index (κ1) is 16.8. The summed E-state index contributed by atoms with van der Waals surface area (Å²) in [6, 6.07) is 5.22. The normalized spacial score (nSPS) is 16.9. The van der Waals surface area contributed by atoms with Crippen LogP contribution in [0.25, 0.3) is 0 Å². The van der Waals surface area contributed by atoms with Crippen molar-refractivity contribution in [2.75, 3.05) is 0 Å². The van der Waals surface area contributed by atoms with Crippen molar-refractivity contribution < 1.29 is 22.8 Å². The summed E-state index contributed by atoms with van der Waals surface area (Å²) in [5.74, 6) is 0. The van der Waals surface area contributed by atoms with Gasteiger partial charge in [-0.15, -0.1) is 0 Å². The molecule has 0 spiro atoms. The van der Waals surface area contributed by atoms with Gasteiger partial charge < -0.3 is 9.42 Å². The highest BCUT2D eigenvalue weighted by Gasteiger charge is 2.53. The second kappa shape index (κ2) is 6.44. The van der Waals surface area contributed by atoms with Crippen molar-refractivity contribution in [1.29, 1.82) is 0 Å². The molecule has 108 valence electrons. The third-order valence-electron chi connectivity index (χ3n) is 2.71. The second-order valence-corrected chi connectivity index (χ2v) is 6.59. The number of alkyl halides is 3. The molecule has 1 rings (SSSR count). The number of halogens is 3. The Labute approximate surface area is 119 Å². The average Bonchev–Trinajstić information content (AvgIpc) is 2.38. The van der Waals surface area contributed by atoms with E-state index in [0.29, 0.717) is 11.8 Å². The Bertz CT molecular complexity index is 465. The molecule has 0 amide bonds. The zero-order valence-electron chi connectivity index (χ0n) is 10.6. The van der Waals surface area contributed by atoms with Crippen LogP contribution in [0, 0.1) is 0 Å². The highest BCUT2D eigenvalue weighted by molar-refractivity contribution is 9.08. The van der Waals surface area contributed by atoms with Crippen LogP contribution in [0.3, 0.4) is 0 Å². The Balaban J connectivity index is 3.03. The molecule has 2 atom stereocenters. The van der Waals surface area contributed by atoms with Crippen molar-refractivity contribution in [2.45, 2.75) is 37.4 Å². The van der Waals surface area contributed by atoms with E-state index in [4.69, 9.17) is 0 Å². The van der Waals surface area contributed by atoms with Crippen LogP contribution in [0.5, 0.6) is 0 Å². The number of hydrogen-bond donors (Lipinski definition) is 1. The van der Waals surface area contributed by atoms with Gasteiger partial charge in [0, 0.05) is 10.9 Å². The summed E-state index contributed by atoms with van der Waals surface area (Å²) in [5.41, 5.74) is -3.64. The van der Waals surface area contributed by atoms with Crippen molar-refractivity contribution in [1.82, 2.24) is 0 Å². The lowest BCUT2D eigenvalue weighted by Crippen LogP contribution is -2.19. The van der Waals surface area contributed by atoms with Crippen LogP contribution in [-0.4, -0.2) is 11.0 Å². The van der Waals surface area contributed by atoms with Crippen molar-refractivity contribution in [3.05, 3.63) is 35.4 Å². The summed E-state index contributed by atoms with van der Waals surface area (Å²) in [6.45, 7) is 3.17. The Hall–Kier alpha value is -0.290. The van der Waals surface area contributed by atoms with E-state index in [-0.39, 0.29) is 0 Å². The smallest absolute Gasteiger partial charge is 0.320 e. The van der Waals surface area contributed by atoms with E-state index in [1.165, 1.54) is 19.1 Å². The van der Waals surface area contributed by atoms with E-state index >= 15 is 0 Å². The first-order chi connectivity index (χ1) is 8.74. The Morgan fingerprint density at radius 1 is 1.42 bits per heavy atom. The first-order valence-corrected chi connectivity index (χ1v) is 8.49. The molecular formula is C12H16BrF2O3P. The fraction of sp³-hybridized carbons (Fsp3) is 0.500. The lowest BCUT2D eigenvalue weighted by molar-refractivity contribution is 0.0347. The van der Waals surface area contributed by atoms with E-state index < -0.39 is 24.9 Å². The highest BCUT2D eigenvalue weighted by Crippen LogP contribution is 2.63. The number of rotatable bonds is 6. The number of hydrogen-bond acceptors (Lipinski definition) is 2. The van der Waals surface area contributed by atoms with Crippen molar-refractivity contribution >= 4 is 23.5 Å². The molecule has 2 unspecified atom stereocenters. The van der Waals surface area contributed by atoms with Gasteiger partial charge in [0.1, 0.15) is 0 Å². The molecule has 0 fully saturated rings. The highest BCUT2D eigenvalue weighted by atomic mass is 79.9. The van der Waals surface area contributed by atoms with Gasteiger partial charge in [-0.1, -0.05) is 47.1 Å². The maximum atomic E-state index is 14.0. The summed E-state index contributed by atoms with van der Waals surface area (Å²) >= 11 is 3.20. The zero-order valence-corrected chi connectivity index (χ0v) is 13.1. The van der Waals surface area contributed by atoms with Gasteiger partial charge in [-0.05, 0) is 18.9 Å². The van der Waals surface area contributed by atoms with Gasteiger partial charge in [-0.3, -0.25) is 4.57 Å². The van der Waals surface area contributed by atoms with Crippen molar-refractivity contribution in [2.24, 2.45) is 0 Å². The molecule has 0 aliphatic rings. The molecule has 0 bridgehead atoms. The summed E-state index contributed by atoms with van der Waals surface area (Å²) in [7, 11) is -5.06. The fourth-order valence-electron chi connectivity index (χ4n) is 1.34. The Kier molecular flexibility index (Phi) is 5.68. The average molecular weight is 357 g/mol. The Morgan fingerprint density at radius 2 is 1.95 bits per heavy atom. The van der Waals surface area contributed by atoms with E-state index in [0.717, 1.165) is 17.7 Å². The molecule has 1 aromatic carbocycles. The lowest BCUT2D eigenvalue weighted by atomic mass is 10.1. The summed E-state index contributed by atoms with van der Waals surface area (Å²) < 4.78 is 44.4. The maximum absolute atomic E-state index is 14.0. The molecule has 0 radical (unpaired) electrons. The third kappa shape index (κ3) is 3.85. The molecule has 0 saturated heterocycles. The van der Waals surface area contributed by atoms with E-state index in [1.807, 2.05) is 0 Å². The maximum Gasteiger partial charge on any atom is 0.402 e. The van der Waals surface area contributed by atoms with Gasteiger partial charge in [0.2, 0.25) is 0 Å². The predicted octanol–water partition coefficient (Wildman–Crippen LogP) is 4.63. The van der Waals surface area contributed by atoms with Crippen LogP contribution in [0.15, 0.2) is 24.3 Å². The summed E-state index contributed by atoms with van der Waals surface area (Å²) in [5, 5.41) is 0.527. The molecule has 19 heavy (non-hydrogen) atoms. The van der Waals surface area contributed by atoms with Crippen LogP contribution in [0.4, 0.5) is 8.78 Å². The minimum Gasteiger partial charge on any atom is -0.320 e. The SMILES string of the molecule is CCC(C)OP(=O)(O)C(F)(F)c1ccc(CBr)cc1. The molecule has 1 N–H and O–H groups in total. The van der Waals surface area contributed by atoms with Crippen LogP contribution in [-0.2, 0) is 20.1 Å². The zero-order chi connectivity index (χ0) is 14.7. The summed E-state index contributed by atoms with van der Waals surface area (Å²) in [4.78, 5) is 9.50. The lowest BCUT2D eigenvalue weighted by Gasteiger charge is -2.24. The molecule has 0 aromatic heterocycles.